The monoisotopic (exact) mass is 235 g/mol. The maximum Gasteiger partial charge on any atom is 0.0700 e. The minimum Gasteiger partial charge on any atom is -0.394 e. The second-order valence-electron chi connectivity index (χ2n) is 3.40. The van der Waals surface area contributed by atoms with Gasteiger partial charge in [-0.3, -0.25) is 0 Å². The molecule has 0 saturated heterocycles. The van der Waals surface area contributed by atoms with Crippen LogP contribution in [0.5, 0.6) is 0 Å². The Morgan fingerprint density at radius 1 is 0.875 bits per heavy atom. The highest BCUT2D eigenvalue weighted by Gasteiger charge is 1.91. The number of methoxy groups -OCH3 is 1. The maximum absolute atomic E-state index is 8.46. The van der Waals surface area contributed by atoms with Crippen molar-refractivity contribution in [1.82, 2.24) is 5.32 Å². The number of rotatable bonds is 13. The van der Waals surface area contributed by atoms with E-state index in [0.29, 0.717) is 26.4 Å². The number of hydrogen-bond acceptors (Lipinski definition) is 5. The molecule has 0 fully saturated rings. The molecule has 0 bridgehead atoms. The Bertz CT molecular complexity index is 111. The number of nitrogens with one attached hydrogen (secondary N) is 1. The first-order valence-electron chi connectivity index (χ1n) is 5.87. The number of aliphatic hydroxyl groups excluding tert-OH is 1. The van der Waals surface area contributed by atoms with Gasteiger partial charge in [0, 0.05) is 20.3 Å². The van der Waals surface area contributed by atoms with Gasteiger partial charge in [0.15, 0.2) is 0 Å². The molecule has 0 heterocycles. The summed E-state index contributed by atoms with van der Waals surface area (Å²) in [5.41, 5.74) is 0. The van der Waals surface area contributed by atoms with Crippen LogP contribution >= 0.6 is 0 Å². The average Bonchev–Trinajstić information content (AvgIpc) is 2.31. The highest BCUT2D eigenvalue weighted by molar-refractivity contribution is 4.47. The Morgan fingerprint density at radius 2 is 1.69 bits per heavy atom. The van der Waals surface area contributed by atoms with Crippen LogP contribution in [0.2, 0.25) is 0 Å². The van der Waals surface area contributed by atoms with Crippen LogP contribution in [-0.4, -0.2) is 64.9 Å². The van der Waals surface area contributed by atoms with Crippen LogP contribution in [0, 0.1) is 0 Å². The van der Waals surface area contributed by atoms with Crippen molar-refractivity contribution in [2.24, 2.45) is 0 Å². The molecule has 0 aromatic carbocycles. The van der Waals surface area contributed by atoms with E-state index in [1.807, 2.05) is 0 Å². The summed E-state index contributed by atoms with van der Waals surface area (Å²) < 4.78 is 15.3. The Balaban J connectivity index is 2.83. The molecular formula is C11H25NO4. The van der Waals surface area contributed by atoms with Crippen LogP contribution in [0.3, 0.4) is 0 Å². The number of unbranched alkanes of at least 4 members (excludes halogenated alkanes) is 1. The fourth-order valence-electron chi connectivity index (χ4n) is 1.13. The SMILES string of the molecule is COCCOCCCCNCCOCCO. The molecule has 0 aliphatic rings. The summed E-state index contributed by atoms with van der Waals surface area (Å²) in [5.74, 6) is 0. The van der Waals surface area contributed by atoms with Crippen molar-refractivity contribution in [2.75, 3.05) is 59.8 Å². The van der Waals surface area contributed by atoms with Gasteiger partial charge in [-0.25, -0.2) is 0 Å². The van der Waals surface area contributed by atoms with Gasteiger partial charge in [0.05, 0.1) is 33.0 Å². The van der Waals surface area contributed by atoms with Crippen LogP contribution in [0.1, 0.15) is 12.8 Å². The molecule has 5 nitrogen and oxygen atoms in total. The van der Waals surface area contributed by atoms with Gasteiger partial charge >= 0.3 is 0 Å². The molecule has 0 spiro atoms. The van der Waals surface area contributed by atoms with E-state index in [1.165, 1.54) is 0 Å². The Hall–Kier alpha value is -0.200. The summed E-state index contributed by atoms with van der Waals surface area (Å²) >= 11 is 0. The molecule has 0 radical (unpaired) electrons. The molecule has 0 saturated carbocycles. The summed E-state index contributed by atoms with van der Waals surface area (Å²) in [4.78, 5) is 0. The summed E-state index contributed by atoms with van der Waals surface area (Å²) in [6.45, 7) is 5.14. The van der Waals surface area contributed by atoms with Crippen LogP contribution in [0.15, 0.2) is 0 Å². The number of hydrogen-bond donors (Lipinski definition) is 2. The first-order valence-corrected chi connectivity index (χ1v) is 5.87. The minimum atomic E-state index is 0.0960. The van der Waals surface area contributed by atoms with Gasteiger partial charge in [0.1, 0.15) is 0 Å². The van der Waals surface area contributed by atoms with Gasteiger partial charge in [-0.2, -0.15) is 0 Å². The van der Waals surface area contributed by atoms with Crippen molar-refractivity contribution >= 4 is 0 Å². The van der Waals surface area contributed by atoms with Crippen molar-refractivity contribution in [1.29, 1.82) is 0 Å². The van der Waals surface area contributed by atoms with E-state index >= 15 is 0 Å². The predicted octanol–water partition coefficient (Wildman–Crippen LogP) is 0.0281. The highest BCUT2D eigenvalue weighted by Crippen LogP contribution is 1.88. The second-order valence-corrected chi connectivity index (χ2v) is 3.40. The van der Waals surface area contributed by atoms with Gasteiger partial charge in [0.25, 0.3) is 0 Å². The highest BCUT2D eigenvalue weighted by atomic mass is 16.5. The average molecular weight is 235 g/mol. The molecule has 0 amide bonds. The van der Waals surface area contributed by atoms with Gasteiger partial charge in [0.2, 0.25) is 0 Å². The van der Waals surface area contributed by atoms with Crippen molar-refractivity contribution < 1.29 is 19.3 Å². The Kier molecular flexibility index (Phi) is 14.6. The lowest BCUT2D eigenvalue weighted by Crippen LogP contribution is -2.21. The molecule has 0 aliphatic carbocycles. The van der Waals surface area contributed by atoms with Crippen LogP contribution in [0.4, 0.5) is 0 Å². The fraction of sp³-hybridized carbons (Fsp3) is 1.00. The van der Waals surface area contributed by atoms with E-state index in [2.05, 4.69) is 5.32 Å². The lowest BCUT2D eigenvalue weighted by molar-refractivity contribution is 0.0686. The zero-order chi connectivity index (χ0) is 11.9. The molecule has 0 aliphatic heterocycles. The molecular weight excluding hydrogens is 210 g/mol. The van der Waals surface area contributed by atoms with Gasteiger partial charge in [-0.05, 0) is 19.4 Å². The molecule has 98 valence electrons. The first-order chi connectivity index (χ1) is 7.91. The molecule has 0 aromatic rings. The molecule has 16 heavy (non-hydrogen) atoms. The molecule has 0 rings (SSSR count). The predicted molar refractivity (Wildman–Crippen MR) is 62.7 cm³/mol. The summed E-state index contributed by atoms with van der Waals surface area (Å²) in [5, 5.41) is 11.7. The van der Waals surface area contributed by atoms with Crippen molar-refractivity contribution in [3.05, 3.63) is 0 Å². The number of ether oxygens (including phenoxy) is 3. The van der Waals surface area contributed by atoms with E-state index in [-0.39, 0.29) is 6.61 Å². The largest absolute Gasteiger partial charge is 0.394 e. The quantitative estimate of drug-likeness (QED) is 0.441. The Labute approximate surface area is 98.1 Å². The molecule has 0 unspecified atom stereocenters. The minimum absolute atomic E-state index is 0.0960. The van der Waals surface area contributed by atoms with E-state index in [1.54, 1.807) is 7.11 Å². The molecule has 2 N–H and O–H groups in total. The Morgan fingerprint density at radius 3 is 2.44 bits per heavy atom. The summed E-state index contributed by atoms with van der Waals surface area (Å²) in [7, 11) is 1.67. The summed E-state index contributed by atoms with van der Waals surface area (Å²) in [6, 6.07) is 0. The van der Waals surface area contributed by atoms with Crippen molar-refractivity contribution in [3.63, 3.8) is 0 Å². The van der Waals surface area contributed by atoms with Crippen molar-refractivity contribution in [3.8, 4) is 0 Å². The molecule has 5 heteroatoms. The third-order valence-corrected chi connectivity index (χ3v) is 1.98. The maximum atomic E-state index is 8.46. The van der Waals surface area contributed by atoms with Gasteiger partial charge in [-0.1, -0.05) is 0 Å². The van der Waals surface area contributed by atoms with E-state index in [0.717, 1.165) is 32.5 Å². The van der Waals surface area contributed by atoms with Crippen LogP contribution in [0.25, 0.3) is 0 Å². The smallest absolute Gasteiger partial charge is 0.0700 e. The lowest BCUT2D eigenvalue weighted by Gasteiger charge is -2.06. The third kappa shape index (κ3) is 13.8. The normalized spacial score (nSPS) is 10.9. The first kappa shape index (κ1) is 15.8. The van der Waals surface area contributed by atoms with E-state index in [9.17, 15) is 0 Å². The lowest BCUT2D eigenvalue weighted by atomic mass is 10.3. The summed E-state index contributed by atoms with van der Waals surface area (Å²) in [6.07, 6.45) is 2.17. The van der Waals surface area contributed by atoms with E-state index in [4.69, 9.17) is 19.3 Å². The standard InChI is InChI=1S/C11H25NO4/c1-14-10-11-15-7-3-2-4-12-5-8-16-9-6-13/h12-13H,2-11H2,1H3. The zero-order valence-electron chi connectivity index (χ0n) is 10.2. The second kappa shape index (κ2) is 14.8. The number of aliphatic hydroxyl groups is 1. The van der Waals surface area contributed by atoms with E-state index < -0.39 is 0 Å². The zero-order valence-corrected chi connectivity index (χ0v) is 10.2. The molecule has 0 aromatic heterocycles. The third-order valence-electron chi connectivity index (χ3n) is 1.98. The fourth-order valence-corrected chi connectivity index (χ4v) is 1.13. The van der Waals surface area contributed by atoms with Crippen LogP contribution in [-0.2, 0) is 14.2 Å². The van der Waals surface area contributed by atoms with Crippen molar-refractivity contribution in [2.45, 2.75) is 12.8 Å². The topological polar surface area (TPSA) is 60.0 Å². The van der Waals surface area contributed by atoms with Gasteiger partial charge in [-0.15, -0.1) is 0 Å². The van der Waals surface area contributed by atoms with Crippen LogP contribution < -0.4 is 5.32 Å². The van der Waals surface area contributed by atoms with Gasteiger partial charge < -0.3 is 24.6 Å². The molecule has 0 atom stereocenters.